The van der Waals surface area contributed by atoms with Crippen molar-refractivity contribution in [3.05, 3.63) is 51.6 Å². The highest BCUT2D eigenvalue weighted by atomic mass is 32.1. The van der Waals surface area contributed by atoms with E-state index in [0.717, 1.165) is 6.42 Å². The van der Waals surface area contributed by atoms with Crippen LogP contribution in [0.15, 0.2) is 31.4 Å². The molecule has 0 radical (unpaired) electrons. The Hall–Kier alpha value is -1.34. The van der Waals surface area contributed by atoms with Crippen molar-refractivity contribution in [3.63, 3.8) is 0 Å². The van der Waals surface area contributed by atoms with Crippen molar-refractivity contribution in [1.29, 1.82) is 0 Å². The van der Waals surface area contributed by atoms with E-state index in [1.54, 1.807) is 0 Å². The number of hydrogen-bond donors (Lipinski definition) is 0. The van der Waals surface area contributed by atoms with E-state index in [-0.39, 0.29) is 0 Å². The first-order valence-corrected chi connectivity index (χ1v) is 6.24. The van der Waals surface area contributed by atoms with Gasteiger partial charge in [-0.15, -0.1) is 17.9 Å². The van der Waals surface area contributed by atoms with E-state index < -0.39 is 0 Å². The molecule has 1 heterocycles. The molecule has 0 saturated heterocycles. The average Bonchev–Trinajstić information content (AvgIpc) is 2.60. The maximum atomic E-state index is 3.82. The summed E-state index contributed by atoms with van der Waals surface area (Å²) in [5.41, 5.74) is 1.35. The molecule has 84 valence electrons. The minimum absolute atomic E-state index is 0.906. The summed E-state index contributed by atoms with van der Waals surface area (Å²) in [5, 5.41) is 1.29. The molecular weight excluding hydrogens is 212 g/mol. The third-order valence-electron chi connectivity index (χ3n) is 2.32. The maximum Gasteiger partial charge on any atom is 0.0314 e. The fraction of sp³-hybridized carbons (Fsp3) is 0.200. The standard InChI is InChI=1S/C15H18S/c1-5-9-12-13(10-6-2)15(11-7-3)16-14(12)8-4/h5-9,11H,1-2,10H2,3-4H3/b11-7-,12-9-,14-8+. The van der Waals surface area contributed by atoms with E-state index in [2.05, 4.69) is 44.4 Å². The summed E-state index contributed by atoms with van der Waals surface area (Å²) in [7, 11) is 0. The molecule has 1 aromatic heterocycles. The first-order chi connectivity index (χ1) is 7.78. The van der Waals surface area contributed by atoms with Gasteiger partial charge in [-0.05, 0) is 37.1 Å². The molecule has 0 N–H and O–H groups in total. The Kier molecular flexibility index (Phi) is 5.00. The quantitative estimate of drug-likeness (QED) is 0.696. The van der Waals surface area contributed by atoms with Gasteiger partial charge in [0, 0.05) is 9.41 Å². The molecular formula is C15H18S. The van der Waals surface area contributed by atoms with E-state index in [4.69, 9.17) is 0 Å². The van der Waals surface area contributed by atoms with Crippen LogP contribution in [0.3, 0.4) is 0 Å². The summed E-state index contributed by atoms with van der Waals surface area (Å²) in [6.45, 7) is 11.7. The predicted octanol–water partition coefficient (Wildman–Crippen LogP) is 3.28. The smallest absolute Gasteiger partial charge is 0.0314 e. The molecule has 0 aliphatic heterocycles. The fourth-order valence-electron chi connectivity index (χ4n) is 1.67. The first kappa shape index (κ1) is 12.7. The molecule has 1 aromatic rings. The monoisotopic (exact) mass is 230 g/mol. The van der Waals surface area contributed by atoms with E-state index in [1.165, 1.54) is 20.2 Å². The molecule has 0 nitrogen and oxygen atoms in total. The molecule has 0 atom stereocenters. The molecule has 0 aromatic carbocycles. The van der Waals surface area contributed by atoms with Crippen molar-refractivity contribution in [2.24, 2.45) is 0 Å². The largest absolute Gasteiger partial charge is 0.136 e. The lowest BCUT2D eigenvalue weighted by atomic mass is 10.1. The van der Waals surface area contributed by atoms with Gasteiger partial charge in [0.15, 0.2) is 0 Å². The second kappa shape index (κ2) is 6.29. The summed E-state index contributed by atoms with van der Waals surface area (Å²) in [6.07, 6.45) is 13.2. The highest BCUT2D eigenvalue weighted by Crippen LogP contribution is 2.12. The van der Waals surface area contributed by atoms with Crippen LogP contribution in [0.5, 0.6) is 0 Å². The topological polar surface area (TPSA) is 0 Å². The van der Waals surface area contributed by atoms with Crippen LogP contribution in [-0.2, 0) is 6.42 Å². The van der Waals surface area contributed by atoms with Gasteiger partial charge in [0.25, 0.3) is 0 Å². The van der Waals surface area contributed by atoms with Gasteiger partial charge in [-0.1, -0.05) is 37.0 Å². The Balaban J connectivity index is 3.61. The molecule has 0 aliphatic carbocycles. The van der Waals surface area contributed by atoms with Crippen molar-refractivity contribution < 1.29 is 0 Å². The van der Waals surface area contributed by atoms with Gasteiger partial charge in [0.2, 0.25) is 0 Å². The van der Waals surface area contributed by atoms with Crippen LogP contribution in [0, 0.1) is 0 Å². The zero-order chi connectivity index (χ0) is 12.0. The van der Waals surface area contributed by atoms with Crippen molar-refractivity contribution in [2.45, 2.75) is 20.3 Å². The molecule has 1 rings (SSSR count). The van der Waals surface area contributed by atoms with Crippen LogP contribution in [0.4, 0.5) is 0 Å². The van der Waals surface area contributed by atoms with Crippen LogP contribution < -0.4 is 9.75 Å². The molecule has 0 bridgehead atoms. The zero-order valence-electron chi connectivity index (χ0n) is 9.99. The first-order valence-electron chi connectivity index (χ1n) is 5.42. The molecule has 0 spiro atoms. The predicted molar refractivity (Wildman–Crippen MR) is 77.0 cm³/mol. The fourth-order valence-corrected chi connectivity index (χ4v) is 2.85. The normalized spacial score (nSPS) is 13.6. The van der Waals surface area contributed by atoms with E-state index in [9.17, 15) is 0 Å². The van der Waals surface area contributed by atoms with Gasteiger partial charge in [-0.3, -0.25) is 0 Å². The molecule has 0 aliphatic rings. The SMILES string of the molecule is C=C/C=c1/c(CC=C)c(/C=C\C)s/c1=C/C. The van der Waals surface area contributed by atoms with E-state index >= 15 is 0 Å². The van der Waals surface area contributed by atoms with Gasteiger partial charge in [-0.25, -0.2) is 0 Å². The molecule has 1 heteroatoms. The summed E-state index contributed by atoms with van der Waals surface area (Å²) >= 11 is 1.82. The Morgan fingerprint density at radius 3 is 2.50 bits per heavy atom. The number of allylic oxidation sites excluding steroid dienone is 3. The lowest BCUT2D eigenvalue weighted by Gasteiger charge is -1.94. The number of thiophene rings is 1. The minimum Gasteiger partial charge on any atom is -0.136 e. The zero-order valence-corrected chi connectivity index (χ0v) is 10.8. The summed E-state index contributed by atoms with van der Waals surface area (Å²) in [6, 6.07) is 0. The van der Waals surface area contributed by atoms with Crippen LogP contribution in [-0.4, -0.2) is 0 Å². The second-order valence-electron chi connectivity index (χ2n) is 3.41. The Morgan fingerprint density at radius 2 is 2.00 bits per heavy atom. The molecule has 0 fully saturated rings. The van der Waals surface area contributed by atoms with Crippen LogP contribution in [0.1, 0.15) is 24.3 Å². The lowest BCUT2D eigenvalue weighted by Crippen LogP contribution is -2.21. The van der Waals surface area contributed by atoms with Crippen LogP contribution >= 0.6 is 11.3 Å². The van der Waals surface area contributed by atoms with Crippen molar-refractivity contribution >= 4 is 29.6 Å². The van der Waals surface area contributed by atoms with E-state index in [0.29, 0.717) is 0 Å². The van der Waals surface area contributed by atoms with Gasteiger partial charge in [-0.2, -0.15) is 0 Å². The summed E-state index contributed by atoms with van der Waals surface area (Å²) in [5.74, 6) is 0. The highest BCUT2D eigenvalue weighted by molar-refractivity contribution is 7.11. The summed E-state index contributed by atoms with van der Waals surface area (Å²) in [4.78, 5) is 1.32. The molecule has 0 amide bonds. The van der Waals surface area contributed by atoms with Crippen LogP contribution in [0.25, 0.3) is 18.2 Å². The Labute approximate surface area is 102 Å². The van der Waals surface area contributed by atoms with Crippen molar-refractivity contribution in [1.82, 2.24) is 0 Å². The lowest BCUT2D eigenvalue weighted by molar-refractivity contribution is 1.26. The highest BCUT2D eigenvalue weighted by Gasteiger charge is 2.04. The Bertz CT molecular complexity index is 512. The van der Waals surface area contributed by atoms with Gasteiger partial charge in [0.1, 0.15) is 0 Å². The van der Waals surface area contributed by atoms with E-state index in [1.807, 2.05) is 30.4 Å². The second-order valence-corrected chi connectivity index (χ2v) is 4.49. The average molecular weight is 230 g/mol. The van der Waals surface area contributed by atoms with Gasteiger partial charge >= 0.3 is 0 Å². The number of rotatable bonds is 4. The molecule has 0 saturated carbocycles. The third kappa shape index (κ3) is 2.61. The van der Waals surface area contributed by atoms with Gasteiger partial charge < -0.3 is 0 Å². The van der Waals surface area contributed by atoms with Crippen molar-refractivity contribution in [3.8, 4) is 0 Å². The number of hydrogen-bond acceptors (Lipinski definition) is 1. The summed E-state index contributed by atoms with van der Waals surface area (Å²) < 4.78 is 1.31. The van der Waals surface area contributed by atoms with Crippen molar-refractivity contribution in [2.75, 3.05) is 0 Å². The third-order valence-corrected chi connectivity index (χ3v) is 3.60. The van der Waals surface area contributed by atoms with Crippen LogP contribution in [0.2, 0.25) is 0 Å². The molecule has 16 heavy (non-hydrogen) atoms. The molecule has 0 unspecified atom stereocenters. The van der Waals surface area contributed by atoms with Gasteiger partial charge in [0.05, 0.1) is 0 Å². The maximum absolute atomic E-state index is 3.82. The Morgan fingerprint density at radius 1 is 1.25 bits per heavy atom. The minimum atomic E-state index is 0.906.